The van der Waals surface area contributed by atoms with Crippen molar-refractivity contribution < 1.29 is 4.79 Å². The third-order valence-electron chi connectivity index (χ3n) is 4.53. The normalized spacial score (nSPS) is 12.1. The lowest BCUT2D eigenvalue weighted by Gasteiger charge is -2.28. The molecular weight excluding hydrogens is 385 g/mol. The van der Waals surface area contributed by atoms with E-state index in [0.717, 1.165) is 16.8 Å². The molecule has 0 N–H and O–H groups in total. The van der Waals surface area contributed by atoms with Gasteiger partial charge in [0.05, 0.1) is 5.69 Å². The van der Waals surface area contributed by atoms with E-state index < -0.39 is 6.04 Å². The first kappa shape index (κ1) is 19.3. The van der Waals surface area contributed by atoms with Gasteiger partial charge in [0.1, 0.15) is 6.04 Å². The van der Waals surface area contributed by atoms with Crippen molar-refractivity contribution in [1.82, 2.24) is 25.1 Å². The number of tetrazole rings is 1. The van der Waals surface area contributed by atoms with E-state index >= 15 is 0 Å². The zero-order chi connectivity index (χ0) is 19.7. The van der Waals surface area contributed by atoms with Crippen LogP contribution in [0.15, 0.2) is 36.4 Å². The number of hydrogen-bond donors (Lipinski definition) is 0. The molecule has 0 saturated heterocycles. The standard InChI is InChI=1S/C19H19Cl2N5O/c1-11-6-5-7-12(2)17(11)26-19(22-23-24-26)18(25(4)13(3)27)15-9-8-14(20)10-16(15)21/h5-10,18H,1-4H3/t18-/m1/s1. The molecule has 0 aliphatic heterocycles. The molecule has 140 valence electrons. The highest BCUT2D eigenvalue weighted by molar-refractivity contribution is 6.35. The Kier molecular flexibility index (Phi) is 5.48. The molecule has 0 aliphatic carbocycles. The fourth-order valence-corrected chi connectivity index (χ4v) is 3.60. The summed E-state index contributed by atoms with van der Waals surface area (Å²) in [5.41, 5.74) is 3.62. The van der Waals surface area contributed by atoms with E-state index in [1.807, 2.05) is 32.0 Å². The van der Waals surface area contributed by atoms with E-state index in [0.29, 0.717) is 21.4 Å². The van der Waals surface area contributed by atoms with Gasteiger partial charge in [-0.2, -0.15) is 4.68 Å². The first-order valence-corrected chi connectivity index (χ1v) is 9.10. The molecule has 0 unspecified atom stereocenters. The van der Waals surface area contributed by atoms with Crippen LogP contribution in [-0.2, 0) is 4.79 Å². The van der Waals surface area contributed by atoms with Gasteiger partial charge in [0.2, 0.25) is 5.91 Å². The van der Waals surface area contributed by atoms with Gasteiger partial charge in [0, 0.05) is 29.6 Å². The predicted molar refractivity (Wildman–Crippen MR) is 105 cm³/mol. The van der Waals surface area contributed by atoms with Crippen LogP contribution in [0.25, 0.3) is 5.69 Å². The zero-order valence-corrected chi connectivity index (χ0v) is 17.0. The Balaban J connectivity index is 2.24. The molecule has 8 heteroatoms. The molecular formula is C19H19Cl2N5O. The van der Waals surface area contributed by atoms with Crippen LogP contribution >= 0.6 is 23.2 Å². The topological polar surface area (TPSA) is 63.9 Å². The third-order valence-corrected chi connectivity index (χ3v) is 5.09. The second-order valence-corrected chi connectivity index (χ2v) is 7.23. The highest BCUT2D eigenvalue weighted by atomic mass is 35.5. The first-order valence-electron chi connectivity index (χ1n) is 8.34. The van der Waals surface area contributed by atoms with Crippen LogP contribution in [0, 0.1) is 13.8 Å². The smallest absolute Gasteiger partial charge is 0.220 e. The SMILES string of the molecule is CC(=O)N(C)[C@H](c1ccc(Cl)cc1Cl)c1nnnn1-c1c(C)cccc1C. The molecule has 1 heterocycles. The number of carbonyl (C=O) groups excluding carboxylic acids is 1. The van der Waals surface area contributed by atoms with E-state index in [1.165, 1.54) is 6.92 Å². The minimum Gasteiger partial charge on any atom is -0.331 e. The highest BCUT2D eigenvalue weighted by Crippen LogP contribution is 2.34. The quantitative estimate of drug-likeness (QED) is 0.655. The molecule has 6 nitrogen and oxygen atoms in total. The maximum Gasteiger partial charge on any atom is 0.220 e. The van der Waals surface area contributed by atoms with Crippen LogP contribution in [0.3, 0.4) is 0 Å². The number of nitrogens with zero attached hydrogens (tertiary/aromatic N) is 5. The Morgan fingerprint density at radius 3 is 2.41 bits per heavy atom. The van der Waals surface area contributed by atoms with Gasteiger partial charge in [-0.05, 0) is 47.5 Å². The van der Waals surface area contributed by atoms with Crippen molar-refractivity contribution in [3.05, 3.63) is 69.0 Å². The van der Waals surface area contributed by atoms with Crippen molar-refractivity contribution >= 4 is 29.1 Å². The molecule has 0 bridgehead atoms. The number of para-hydroxylation sites is 1. The van der Waals surface area contributed by atoms with Gasteiger partial charge >= 0.3 is 0 Å². The lowest BCUT2D eigenvalue weighted by molar-refractivity contribution is -0.129. The van der Waals surface area contributed by atoms with Gasteiger partial charge in [0.15, 0.2) is 5.82 Å². The Labute approximate surface area is 167 Å². The molecule has 0 radical (unpaired) electrons. The molecule has 1 amide bonds. The Morgan fingerprint density at radius 1 is 1.15 bits per heavy atom. The van der Waals surface area contributed by atoms with Crippen molar-refractivity contribution in [3.63, 3.8) is 0 Å². The number of rotatable bonds is 4. The van der Waals surface area contributed by atoms with Crippen LogP contribution in [0.5, 0.6) is 0 Å². The maximum atomic E-state index is 12.2. The monoisotopic (exact) mass is 403 g/mol. The average Bonchev–Trinajstić information content (AvgIpc) is 3.05. The summed E-state index contributed by atoms with van der Waals surface area (Å²) in [7, 11) is 1.70. The number of hydrogen-bond acceptors (Lipinski definition) is 4. The van der Waals surface area contributed by atoms with Crippen molar-refractivity contribution in [2.75, 3.05) is 7.05 Å². The summed E-state index contributed by atoms with van der Waals surface area (Å²) in [6, 6.07) is 10.6. The molecule has 2 aromatic carbocycles. The van der Waals surface area contributed by atoms with E-state index in [2.05, 4.69) is 15.5 Å². The first-order chi connectivity index (χ1) is 12.8. The summed E-state index contributed by atoms with van der Waals surface area (Å²) in [6.45, 7) is 5.48. The molecule has 0 spiro atoms. The lowest BCUT2D eigenvalue weighted by Crippen LogP contribution is -2.32. The molecule has 1 atom stereocenters. The molecule has 27 heavy (non-hydrogen) atoms. The highest BCUT2D eigenvalue weighted by Gasteiger charge is 2.30. The second-order valence-electron chi connectivity index (χ2n) is 6.39. The van der Waals surface area contributed by atoms with Crippen molar-refractivity contribution in [3.8, 4) is 5.69 Å². The van der Waals surface area contributed by atoms with Gasteiger partial charge in [-0.15, -0.1) is 5.10 Å². The fraction of sp³-hybridized carbons (Fsp3) is 0.263. The van der Waals surface area contributed by atoms with Gasteiger partial charge < -0.3 is 4.90 Å². The van der Waals surface area contributed by atoms with Crippen LogP contribution in [0.2, 0.25) is 10.0 Å². The number of amides is 1. The predicted octanol–water partition coefficient (Wildman–Crippen LogP) is 4.15. The zero-order valence-electron chi connectivity index (χ0n) is 15.4. The van der Waals surface area contributed by atoms with Gasteiger partial charge in [0.25, 0.3) is 0 Å². The molecule has 0 saturated carbocycles. The van der Waals surface area contributed by atoms with E-state index in [1.54, 1.807) is 34.8 Å². The van der Waals surface area contributed by atoms with Crippen molar-refractivity contribution in [2.45, 2.75) is 26.8 Å². The summed E-state index contributed by atoms with van der Waals surface area (Å²) >= 11 is 12.5. The van der Waals surface area contributed by atoms with Gasteiger partial charge in [-0.25, -0.2) is 0 Å². The van der Waals surface area contributed by atoms with Gasteiger partial charge in [-0.1, -0.05) is 47.5 Å². The minimum absolute atomic E-state index is 0.137. The summed E-state index contributed by atoms with van der Waals surface area (Å²) in [6.07, 6.45) is 0. The maximum absolute atomic E-state index is 12.2. The van der Waals surface area contributed by atoms with E-state index in [-0.39, 0.29) is 5.91 Å². The number of aryl methyl sites for hydroxylation is 2. The van der Waals surface area contributed by atoms with E-state index in [9.17, 15) is 4.79 Å². The Bertz CT molecular complexity index is 981. The molecule has 0 aliphatic rings. The lowest BCUT2D eigenvalue weighted by atomic mass is 10.0. The van der Waals surface area contributed by atoms with Crippen LogP contribution in [0.4, 0.5) is 0 Å². The van der Waals surface area contributed by atoms with Crippen molar-refractivity contribution in [2.24, 2.45) is 0 Å². The van der Waals surface area contributed by atoms with Crippen LogP contribution in [-0.4, -0.2) is 38.1 Å². The number of carbonyl (C=O) groups is 1. The Morgan fingerprint density at radius 2 is 1.81 bits per heavy atom. The number of aromatic nitrogens is 4. The number of benzene rings is 2. The number of halogens is 2. The minimum atomic E-state index is -0.568. The summed E-state index contributed by atoms with van der Waals surface area (Å²) in [5.74, 6) is 0.358. The second kappa shape index (κ2) is 7.66. The van der Waals surface area contributed by atoms with Crippen LogP contribution in [0.1, 0.15) is 35.5 Å². The fourth-order valence-electron chi connectivity index (χ4n) is 3.09. The van der Waals surface area contributed by atoms with Crippen LogP contribution < -0.4 is 0 Å². The molecule has 3 rings (SSSR count). The Hall–Kier alpha value is -2.44. The molecule has 0 fully saturated rings. The average molecular weight is 404 g/mol. The van der Waals surface area contributed by atoms with Crippen molar-refractivity contribution in [1.29, 1.82) is 0 Å². The summed E-state index contributed by atoms with van der Waals surface area (Å²) in [4.78, 5) is 13.8. The summed E-state index contributed by atoms with van der Waals surface area (Å²) < 4.78 is 1.67. The molecule has 1 aromatic heterocycles. The van der Waals surface area contributed by atoms with Gasteiger partial charge in [-0.3, -0.25) is 4.79 Å². The largest absolute Gasteiger partial charge is 0.331 e. The van der Waals surface area contributed by atoms with E-state index in [4.69, 9.17) is 23.2 Å². The third kappa shape index (κ3) is 3.68. The molecule has 3 aromatic rings. The summed E-state index contributed by atoms with van der Waals surface area (Å²) in [5, 5.41) is 13.3.